The molecule has 0 radical (unpaired) electrons. The molecule has 174 valence electrons. The maximum absolute atomic E-state index is 12.8. The lowest BCUT2D eigenvalue weighted by Crippen LogP contribution is -2.40. The normalized spacial score (nSPS) is 26.5. The van der Waals surface area contributed by atoms with E-state index in [2.05, 4.69) is 46.8 Å². The molecule has 4 atom stereocenters. The van der Waals surface area contributed by atoms with Crippen molar-refractivity contribution in [3.05, 3.63) is 29.7 Å². The number of carbonyl (C=O) groups is 2. The van der Waals surface area contributed by atoms with E-state index >= 15 is 0 Å². The largest absolute Gasteiger partial charge is 0.359 e. The third-order valence-electron chi connectivity index (χ3n) is 7.13. The van der Waals surface area contributed by atoms with Crippen LogP contribution in [0.2, 0.25) is 0 Å². The van der Waals surface area contributed by atoms with Crippen LogP contribution in [0.4, 0.5) is 0 Å². The summed E-state index contributed by atoms with van der Waals surface area (Å²) < 4.78 is 5.45. The highest BCUT2D eigenvalue weighted by atomic mass is 16.5. The van der Waals surface area contributed by atoms with Crippen LogP contribution >= 0.6 is 0 Å². The number of nitrogens with zero attached hydrogens (tertiary/aromatic N) is 3. The lowest BCUT2D eigenvalue weighted by Gasteiger charge is -2.18. The first-order chi connectivity index (χ1) is 15.6. The standard InChI is InChI=1S/C24H35N5O3/c1-4-15(5-2)19-13-18(32-28-19)14-27-24(25-6-3)26-10-7-11-29-22(30)20-16-8-9-17(12-16)21(20)23(29)31/h8-9,13,15-17,20-21H,4-7,10-12,14H2,1-3H3,(H2,25,26,27). The zero-order valence-electron chi connectivity index (χ0n) is 19.3. The summed E-state index contributed by atoms with van der Waals surface area (Å²) in [4.78, 5) is 31.6. The Balaban J connectivity index is 1.26. The van der Waals surface area contributed by atoms with Gasteiger partial charge in [0.1, 0.15) is 6.54 Å². The van der Waals surface area contributed by atoms with Gasteiger partial charge in [-0.2, -0.15) is 0 Å². The van der Waals surface area contributed by atoms with Crippen molar-refractivity contribution >= 4 is 17.8 Å². The summed E-state index contributed by atoms with van der Waals surface area (Å²) in [6, 6.07) is 1.99. The minimum absolute atomic E-state index is 0.0241. The summed E-state index contributed by atoms with van der Waals surface area (Å²) in [7, 11) is 0. The van der Waals surface area contributed by atoms with Gasteiger partial charge in [-0.05, 0) is 44.4 Å². The van der Waals surface area contributed by atoms with Gasteiger partial charge in [0.2, 0.25) is 11.8 Å². The number of guanidine groups is 1. The van der Waals surface area contributed by atoms with Gasteiger partial charge < -0.3 is 15.2 Å². The Morgan fingerprint density at radius 3 is 2.47 bits per heavy atom. The Morgan fingerprint density at radius 1 is 1.16 bits per heavy atom. The van der Waals surface area contributed by atoms with E-state index in [1.807, 2.05) is 13.0 Å². The van der Waals surface area contributed by atoms with Crippen LogP contribution in [0.3, 0.4) is 0 Å². The molecule has 8 nitrogen and oxygen atoms in total. The molecule has 2 fully saturated rings. The number of fused-ring (bicyclic) bond motifs is 5. The number of likely N-dealkylation sites (tertiary alicyclic amines) is 1. The summed E-state index contributed by atoms with van der Waals surface area (Å²) in [5, 5.41) is 10.7. The zero-order valence-corrected chi connectivity index (χ0v) is 19.3. The maximum Gasteiger partial charge on any atom is 0.233 e. The third kappa shape index (κ3) is 4.32. The van der Waals surface area contributed by atoms with Crippen molar-refractivity contribution in [3.63, 3.8) is 0 Å². The topological polar surface area (TPSA) is 99.8 Å². The monoisotopic (exact) mass is 441 g/mol. The van der Waals surface area contributed by atoms with E-state index < -0.39 is 0 Å². The molecule has 2 bridgehead atoms. The third-order valence-corrected chi connectivity index (χ3v) is 7.13. The summed E-state index contributed by atoms with van der Waals surface area (Å²) in [6.07, 6.45) is 7.99. The van der Waals surface area contributed by atoms with Gasteiger partial charge in [0.25, 0.3) is 0 Å². The summed E-state index contributed by atoms with van der Waals surface area (Å²) >= 11 is 0. The highest BCUT2D eigenvalue weighted by Crippen LogP contribution is 2.52. The van der Waals surface area contributed by atoms with Crippen molar-refractivity contribution in [2.45, 2.75) is 58.9 Å². The number of amides is 2. The number of aromatic nitrogens is 1. The molecular formula is C24H35N5O3. The van der Waals surface area contributed by atoms with Gasteiger partial charge in [0.05, 0.1) is 17.5 Å². The van der Waals surface area contributed by atoms with Gasteiger partial charge >= 0.3 is 0 Å². The minimum atomic E-state index is -0.115. The van der Waals surface area contributed by atoms with E-state index in [1.54, 1.807) is 0 Å². The van der Waals surface area contributed by atoms with Gasteiger partial charge in [-0.15, -0.1) is 0 Å². The van der Waals surface area contributed by atoms with Crippen LogP contribution in [0.5, 0.6) is 0 Å². The molecule has 1 aliphatic heterocycles. The van der Waals surface area contributed by atoms with Crippen LogP contribution in [0.1, 0.15) is 63.8 Å². The van der Waals surface area contributed by atoms with Crippen molar-refractivity contribution in [2.75, 3.05) is 19.6 Å². The molecule has 0 spiro atoms. The number of allylic oxidation sites excluding steroid dienone is 2. The summed E-state index contributed by atoms with van der Waals surface area (Å²) in [5.74, 6) is 2.19. The lowest BCUT2D eigenvalue weighted by molar-refractivity contribution is -0.140. The summed E-state index contributed by atoms with van der Waals surface area (Å²) in [5.41, 5.74) is 0.992. The molecule has 8 heteroatoms. The Hall–Kier alpha value is -2.64. The second kappa shape index (κ2) is 9.88. The molecule has 4 rings (SSSR count). The van der Waals surface area contributed by atoms with Gasteiger partial charge in [0, 0.05) is 31.6 Å². The average molecular weight is 442 g/mol. The second-order valence-corrected chi connectivity index (χ2v) is 9.03. The van der Waals surface area contributed by atoms with Gasteiger partial charge in [0.15, 0.2) is 11.7 Å². The number of carbonyl (C=O) groups excluding carboxylic acids is 2. The van der Waals surface area contributed by atoms with Crippen LogP contribution in [0, 0.1) is 23.7 Å². The molecular weight excluding hydrogens is 406 g/mol. The maximum atomic E-state index is 12.8. The van der Waals surface area contributed by atoms with Crippen molar-refractivity contribution in [1.29, 1.82) is 0 Å². The molecule has 1 aromatic rings. The fourth-order valence-corrected chi connectivity index (χ4v) is 5.43. The summed E-state index contributed by atoms with van der Waals surface area (Å²) in [6.45, 7) is 8.55. The SMILES string of the molecule is CCNC(=NCc1cc(C(CC)CC)no1)NCCCN1C(=O)C2C3C=CC(C3)C2C1=O. The fourth-order valence-electron chi connectivity index (χ4n) is 5.43. The molecule has 1 saturated heterocycles. The van der Waals surface area contributed by atoms with Crippen molar-refractivity contribution in [3.8, 4) is 0 Å². The molecule has 2 N–H and O–H groups in total. The highest BCUT2D eigenvalue weighted by molar-refractivity contribution is 6.06. The van der Waals surface area contributed by atoms with Crippen LogP contribution in [0.15, 0.2) is 27.7 Å². The second-order valence-electron chi connectivity index (χ2n) is 9.03. The molecule has 1 aromatic heterocycles. The van der Waals surface area contributed by atoms with E-state index in [0.717, 1.165) is 37.3 Å². The van der Waals surface area contributed by atoms with Crippen molar-refractivity contribution in [1.82, 2.24) is 20.7 Å². The number of hydrogen-bond acceptors (Lipinski definition) is 5. The average Bonchev–Trinajstić information content (AvgIpc) is 3.57. The quantitative estimate of drug-likeness (QED) is 0.190. The van der Waals surface area contributed by atoms with E-state index in [0.29, 0.717) is 37.9 Å². The van der Waals surface area contributed by atoms with E-state index in [1.165, 1.54) is 4.90 Å². The Kier molecular flexibility index (Phi) is 6.96. The van der Waals surface area contributed by atoms with Crippen LogP contribution in [-0.2, 0) is 16.1 Å². The van der Waals surface area contributed by atoms with Crippen LogP contribution in [-0.4, -0.2) is 47.5 Å². The molecule has 0 aromatic carbocycles. The predicted molar refractivity (Wildman–Crippen MR) is 122 cm³/mol. The molecule has 2 amide bonds. The highest BCUT2D eigenvalue weighted by Gasteiger charge is 2.58. The lowest BCUT2D eigenvalue weighted by atomic mass is 9.85. The smallest absolute Gasteiger partial charge is 0.233 e. The van der Waals surface area contributed by atoms with Crippen molar-refractivity contribution < 1.29 is 14.1 Å². The first-order valence-electron chi connectivity index (χ1n) is 12.1. The van der Waals surface area contributed by atoms with Gasteiger partial charge in [-0.3, -0.25) is 14.5 Å². The number of imide groups is 1. The Morgan fingerprint density at radius 2 is 1.84 bits per heavy atom. The van der Waals surface area contributed by atoms with E-state index in [4.69, 9.17) is 4.52 Å². The molecule has 3 aliphatic rings. The van der Waals surface area contributed by atoms with Crippen LogP contribution < -0.4 is 10.6 Å². The first kappa shape index (κ1) is 22.6. The zero-order chi connectivity index (χ0) is 22.7. The van der Waals surface area contributed by atoms with Crippen molar-refractivity contribution in [2.24, 2.45) is 28.7 Å². The number of aliphatic imine (C=N–C) groups is 1. The minimum Gasteiger partial charge on any atom is -0.359 e. The number of rotatable bonds is 10. The molecule has 2 aliphatic carbocycles. The fraction of sp³-hybridized carbons (Fsp3) is 0.667. The predicted octanol–water partition coefficient (Wildman–Crippen LogP) is 2.83. The first-order valence-corrected chi connectivity index (χ1v) is 12.1. The molecule has 32 heavy (non-hydrogen) atoms. The number of hydrogen-bond donors (Lipinski definition) is 2. The van der Waals surface area contributed by atoms with Gasteiger partial charge in [-0.25, -0.2) is 4.99 Å². The van der Waals surface area contributed by atoms with Crippen LogP contribution in [0.25, 0.3) is 0 Å². The molecule has 1 saturated carbocycles. The Labute approximate surface area is 189 Å². The number of nitrogens with one attached hydrogen (secondary N) is 2. The van der Waals surface area contributed by atoms with E-state index in [-0.39, 0.29) is 35.5 Å². The Bertz CT molecular complexity index is 858. The van der Waals surface area contributed by atoms with Gasteiger partial charge in [-0.1, -0.05) is 31.2 Å². The molecule has 2 heterocycles. The molecule has 4 unspecified atom stereocenters. The van der Waals surface area contributed by atoms with E-state index in [9.17, 15) is 9.59 Å².